The van der Waals surface area contributed by atoms with Crippen LogP contribution in [-0.4, -0.2) is 45.9 Å². The molecule has 0 aliphatic rings. The lowest BCUT2D eigenvalue weighted by molar-refractivity contribution is 0.153. The van der Waals surface area contributed by atoms with Crippen LogP contribution in [0.4, 0.5) is 10.5 Å². The lowest BCUT2D eigenvalue weighted by atomic mass is 10.2. The summed E-state index contributed by atoms with van der Waals surface area (Å²) in [6, 6.07) is 13.6. The molecule has 1 N–H and O–H groups in total. The predicted molar refractivity (Wildman–Crippen MR) is 107 cm³/mol. The summed E-state index contributed by atoms with van der Waals surface area (Å²) >= 11 is 3.40. The normalized spacial score (nSPS) is 11.1. The van der Waals surface area contributed by atoms with Gasteiger partial charge in [0.1, 0.15) is 5.75 Å². The highest BCUT2D eigenvalue weighted by Gasteiger charge is 2.16. The fraction of sp³-hybridized carbons (Fsp3) is 0.278. The molecule has 0 unspecified atom stereocenters. The lowest BCUT2D eigenvalue weighted by Gasteiger charge is -2.23. The van der Waals surface area contributed by atoms with Gasteiger partial charge >= 0.3 is 16.1 Å². The van der Waals surface area contributed by atoms with Gasteiger partial charge in [0, 0.05) is 24.7 Å². The number of para-hydroxylation sites is 1. The zero-order valence-electron chi connectivity index (χ0n) is 15.0. The van der Waals surface area contributed by atoms with Crippen LogP contribution in [0.2, 0.25) is 0 Å². The average molecular weight is 457 g/mol. The molecular weight excluding hydrogens is 436 g/mol. The number of ether oxygens (including phenoxy) is 1. The molecule has 0 aliphatic heterocycles. The van der Waals surface area contributed by atoms with E-state index < -0.39 is 10.1 Å². The molecule has 0 aromatic heterocycles. The summed E-state index contributed by atoms with van der Waals surface area (Å²) in [5.41, 5.74) is 1.38. The summed E-state index contributed by atoms with van der Waals surface area (Å²) in [5, 5.41) is 2.85. The first kappa shape index (κ1) is 21.2. The van der Waals surface area contributed by atoms with Gasteiger partial charge in [-0.3, -0.25) is 0 Å². The van der Waals surface area contributed by atoms with Gasteiger partial charge in [-0.05, 0) is 45.8 Å². The third kappa shape index (κ3) is 7.20. The van der Waals surface area contributed by atoms with Crippen molar-refractivity contribution in [3.05, 3.63) is 58.6 Å². The Morgan fingerprint density at radius 3 is 2.59 bits per heavy atom. The summed E-state index contributed by atoms with van der Waals surface area (Å²) in [7, 11) is -2.06. The molecule has 7 nitrogen and oxygen atoms in total. The summed E-state index contributed by atoms with van der Waals surface area (Å²) in [6.07, 6.45) is 0.982. The van der Waals surface area contributed by atoms with E-state index in [-0.39, 0.29) is 18.3 Å². The molecule has 0 saturated heterocycles. The first-order valence-electron chi connectivity index (χ1n) is 8.06. The topological polar surface area (TPSA) is 84.9 Å². The minimum atomic E-state index is -3.62. The Hall–Kier alpha value is -2.10. The van der Waals surface area contributed by atoms with E-state index in [0.29, 0.717) is 18.8 Å². The summed E-state index contributed by atoms with van der Waals surface area (Å²) in [4.78, 5) is 14.3. The van der Waals surface area contributed by atoms with Gasteiger partial charge in [-0.25, -0.2) is 4.79 Å². The number of hydrogen-bond donors (Lipinski definition) is 1. The Morgan fingerprint density at radius 2 is 1.93 bits per heavy atom. The van der Waals surface area contributed by atoms with Crippen molar-refractivity contribution in [1.29, 1.82) is 0 Å². The van der Waals surface area contributed by atoms with Crippen LogP contribution in [0.25, 0.3) is 0 Å². The molecule has 2 aromatic rings. The molecule has 0 spiro atoms. The second kappa shape index (κ2) is 9.72. The molecule has 0 radical (unpaired) electrons. The molecular formula is C18H21BrN2O5S. The van der Waals surface area contributed by atoms with Gasteiger partial charge in [-0.15, -0.1) is 0 Å². The summed E-state index contributed by atoms with van der Waals surface area (Å²) in [6.45, 7) is 0.994. The van der Waals surface area contributed by atoms with Gasteiger partial charge in [0.25, 0.3) is 0 Å². The fourth-order valence-corrected chi connectivity index (χ4v) is 3.14. The van der Waals surface area contributed by atoms with Crippen molar-refractivity contribution in [1.82, 2.24) is 4.90 Å². The Bertz CT molecular complexity index is 889. The van der Waals surface area contributed by atoms with Gasteiger partial charge in [0.15, 0.2) is 0 Å². The van der Waals surface area contributed by atoms with Gasteiger partial charge in [0.2, 0.25) is 0 Å². The van der Waals surface area contributed by atoms with E-state index >= 15 is 0 Å². The van der Waals surface area contributed by atoms with Crippen LogP contribution in [0, 0.1) is 0 Å². The van der Waals surface area contributed by atoms with Crippen molar-refractivity contribution in [2.45, 2.75) is 6.54 Å². The number of hydrogen-bond acceptors (Lipinski definition) is 5. The van der Waals surface area contributed by atoms with Gasteiger partial charge in [-0.2, -0.15) is 8.42 Å². The Kier molecular flexibility index (Phi) is 7.64. The number of nitrogens with zero attached hydrogens (tertiary/aromatic N) is 1. The number of methoxy groups -OCH3 is 1. The highest BCUT2D eigenvalue weighted by molar-refractivity contribution is 9.10. The quantitative estimate of drug-likeness (QED) is 0.614. The smallest absolute Gasteiger partial charge is 0.322 e. The number of halogens is 1. The SMILES string of the molecule is COCCN(Cc1cccc(OS(C)(=O)=O)c1)C(=O)Nc1ccccc1Br. The average Bonchev–Trinajstić information content (AvgIpc) is 2.59. The first-order valence-corrected chi connectivity index (χ1v) is 10.7. The zero-order valence-corrected chi connectivity index (χ0v) is 17.4. The number of carbonyl (C=O) groups is 1. The molecule has 0 atom stereocenters. The van der Waals surface area contributed by atoms with Crippen LogP contribution < -0.4 is 9.50 Å². The highest BCUT2D eigenvalue weighted by atomic mass is 79.9. The number of benzene rings is 2. The van der Waals surface area contributed by atoms with Crippen LogP contribution in [0.15, 0.2) is 53.0 Å². The van der Waals surface area contributed by atoms with Gasteiger partial charge in [-0.1, -0.05) is 24.3 Å². The second-order valence-electron chi connectivity index (χ2n) is 5.76. The third-order valence-electron chi connectivity index (χ3n) is 3.49. The monoisotopic (exact) mass is 456 g/mol. The Labute approximate surface area is 167 Å². The van der Waals surface area contributed by atoms with Gasteiger partial charge in [0.05, 0.1) is 18.6 Å². The second-order valence-corrected chi connectivity index (χ2v) is 8.19. The fourth-order valence-electron chi connectivity index (χ4n) is 2.30. The van der Waals surface area contributed by atoms with E-state index in [9.17, 15) is 13.2 Å². The molecule has 0 bridgehead atoms. The lowest BCUT2D eigenvalue weighted by Crippen LogP contribution is -2.36. The largest absolute Gasteiger partial charge is 0.383 e. The van der Waals surface area contributed by atoms with Crippen molar-refractivity contribution in [3.8, 4) is 5.75 Å². The minimum Gasteiger partial charge on any atom is -0.383 e. The number of nitrogens with one attached hydrogen (secondary N) is 1. The minimum absolute atomic E-state index is 0.202. The molecule has 9 heteroatoms. The van der Waals surface area contributed by atoms with E-state index in [1.165, 1.54) is 0 Å². The van der Waals surface area contributed by atoms with Gasteiger partial charge < -0.3 is 19.1 Å². The molecule has 0 aliphatic carbocycles. The van der Waals surface area contributed by atoms with Crippen molar-refractivity contribution < 1.29 is 22.1 Å². The maximum absolute atomic E-state index is 12.7. The summed E-state index contributed by atoms with van der Waals surface area (Å²) < 4.78 is 33.4. The predicted octanol–water partition coefficient (Wildman–Crippen LogP) is 3.47. The number of carbonyl (C=O) groups excluding carboxylic acids is 1. The maximum atomic E-state index is 12.7. The standard InChI is InChI=1S/C18H21BrN2O5S/c1-25-11-10-21(18(22)20-17-9-4-3-8-16(17)19)13-14-6-5-7-15(12-14)26-27(2,23)24/h3-9,12H,10-11,13H2,1-2H3,(H,20,22). The summed E-state index contributed by atoms with van der Waals surface area (Å²) in [5.74, 6) is 0.202. The zero-order chi connectivity index (χ0) is 19.9. The number of amides is 2. The first-order chi connectivity index (χ1) is 12.8. The highest BCUT2D eigenvalue weighted by Crippen LogP contribution is 2.22. The number of anilines is 1. The molecule has 0 saturated carbocycles. The van der Waals surface area contributed by atoms with Crippen LogP contribution in [0.5, 0.6) is 5.75 Å². The van der Waals surface area contributed by atoms with Crippen LogP contribution in [0.3, 0.4) is 0 Å². The van der Waals surface area contributed by atoms with Crippen LogP contribution in [0.1, 0.15) is 5.56 Å². The maximum Gasteiger partial charge on any atom is 0.322 e. The van der Waals surface area contributed by atoms with Crippen molar-refractivity contribution in [2.24, 2.45) is 0 Å². The Balaban J connectivity index is 2.15. The van der Waals surface area contributed by atoms with E-state index in [1.807, 2.05) is 18.2 Å². The van der Waals surface area contributed by atoms with Crippen molar-refractivity contribution >= 4 is 37.8 Å². The van der Waals surface area contributed by atoms with E-state index in [0.717, 1.165) is 16.3 Å². The molecule has 2 amide bonds. The van der Waals surface area contributed by atoms with Crippen LogP contribution in [-0.2, 0) is 21.4 Å². The molecule has 0 heterocycles. The van der Waals surface area contributed by atoms with Crippen molar-refractivity contribution in [2.75, 3.05) is 31.8 Å². The molecule has 146 valence electrons. The van der Waals surface area contributed by atoms with Crippen molar-refractivity contribution in [3.63, 3.8) is 0 Å². The Morgan fingerprint density at radius 1 is 1.19 bits per heavy atom. The van der Waals surface area contributed by atoms with E-state index in [4.69, 9.17) is 8.92 Å². The number of urea groups is 1. The molecule has 2 aromatic carbocycles. The number of rotatable bonds is 8. The molecule has 0 fully saturated rings. The molecule has 2 rings (SSSR count). The molecule has 27 heavy (non-hydrogen) atoms. The van der Waals surface area contributed by atoms with E-state index in [2.05, 4.69) is 21.2 Å². The van der Waals surface area contributed by atoms with E-state index in [1.54, 1.807) is 42.3 Å². The third-order valence-corrected chi connectivity index (χ3v) is 4.67. The van der Waals surface area contributed by atoms with Crippen LogP contribution >= 0.6 is 15.9 Å².